The molecule has 0 radical (unpaired) electrons. The lowest BCUT2D eigenvalue weighted by atomic mass is 10.0. The maximum atomic E-state index is 11.8. The molecule has 0 spiro atoms. The number of hydrogen-bond donors (Lipinski definition) is 1. The van der Waals surface area contributed by atoms with Crippen molar-refractivity contribution in [3.63, 3.8) is 0 Å². The molecule has 0 unspecified atom stereocenters. The first-order valence-electron chi connectivity index (χ1n) is 6.54. The molecule has 0 saturated heterocycles. The number of rotatable bonds is 5. The first-order valence-corrected chi connectivity index (χ1v) is 6.54. The number of carbonyl (C=O) groups is 2. The van der Waals surface area contributed by atoms with Gasteiger partial charge < -0.3 is 10.1 Å². The summed E-state index contributed by atoms with van der Waals surface area (Å²) in [4.78, 5) is 23.5. The van der Waals surface area contributed by atoms with Gasteiger partial charge in [-0.15, -0.1) is 0 Å². The van der Waals surface area contributed by atoms with Crippen LogP contribution in [0.2, 0.25) is 0 Å². The molecule has 1 saturated carbocycles. The molecular formula is C15H19NO3. The predicted octanol–water partition coefficient (Wildman–Crippen LogP) is 1.61. The number of aryl methyl sites for hydroxylation is 1. The van der Waals surface area contributed by atoms with E-state index >= 15 is 0 Å². The third-order valence-electron chi connectivity index (χ3n) is 3.27. The Kier molecular flexibility index (Phi) is 4.20. The van der Waals surface area contributed by atoms with E-state index in [2.05, 4.69) is 5.32 Å². The van der Waals surface area contributed by atoms with Crippen LogP contribution in [-0.4, -0.2) is 25.0 Å². The van der Waals surface area contributed by atoms with Gasteiger partial charge in [-0.1, -0.05) is 29.8 Å². The Balaban J connectivity index is 2.04. The van der Waals surface area contributed by atoms with Crippen LogP contribution in [0.5, 0.6) is 0 Å². The van der Waals surface area contributed by atoms with E-state index in [1.807, 2.05) is 31.2 Å². The molecule has 0 heterocycles. The van der Waals surface area contributed by atoms with Gasteiger partial charge >= 0.3 is 5.97 Å². The lowest BCUT2D eigenvalue weighted by Crippen LogP contribution is -2.43. The molecule has 0 aliphatic heterocycles. The van der Waals surface area contributed by atoms with E-state index in [4.69, 9.17) is 4.74 Å². The number of benzene rings is 1. The maximum absolute atomic E-state index is 11.8. The Labute approximate surface area is 113 Å². The van der Waals surface area contributed by atoms with Gasteiger partial charge in [0.25, 0.3) is 0 Å². The molecule has 1 fully saturated rings. The summed E-state index contributed by atoms with van der Waals surface area (Å²) in [6.07, 6.45) is 2.31. The van der Waals surface area contributed by atoms with Gasteiger partial charge in [-0.3, -0.25) is 4.79 Å². The molecule has 19 heavy (non-hydrogen) atoms. The van der Waals surface area contributed by atoms with Crippen LogP contribution in [0.3, 0.4) is 0 Å². The topological polar surface area (TPSA) is 55.4 Å². The highest BCUT2D eigenvalue weighted by atomic mass is 16.5. The largest absolute Gasteiger partial charge is 0.467 e. The number of ether oxygens (including phenoxy) is 1. The summed E-state index contributed by atoms with van der Waals surface area (Å²) in [5, 5.41) is 2.78. The van der Waals surface area contributed by atoms with E-state index in [0.29, 0.717) is 6.42 Å². The highest BCUT2D eigenvalue weighted by molar-refractivity contribution is 5.87. The first-order chi connectivity index (χ1) is 9.10. The fourth-order valence-electron chi connectivity index (χ4n) is 2.05. The zero-order valence-electron chi connectivity index (χ0n) is 11.3. The smallest absolute Gasteiger partial charge is 0.328 e. The van der Waals surface area contributed by atoms with E-state index < -0.39 is 12.0 Å². The van der Waals surface area contributed by atoms with Crippen LogP contribution in [0, 0.1) is 12.8 Å². The molecule has 1 aliphatic carbocycles. The Morgan fingerprint density at radius 2 is 2.16 bits per heavy atom. The van der Waals surface area contributed by atoms with Crippen molar-refractivity contribution in [3.05, 3.63) is 35.4 Å². The molecule has 1 N–H and O–H groups in total. The van der Waals surface area contributed by atoms with Crippen molar-refractivity contribution in [3.8, 4) is 0 Å². The Morgan fingerprint density at radius 3 is 2.74 bits per heavy atom. The molecule has 0 aromatic heterocycles. The van der Waals surface area contributed by atoms with Crippen LogP contribution in [0.15, 0.2) is 24.3 Å². The minimum Gasteiger partial charge on any atom is -0.467 e. The number of hydrogen-bond acceptors (Lipinski definition) is 3. The first kappa shape index (κ1) is 13.6. The van der Waals surface area contributed by atoms with Crippen LogP contribution < -0.4 is 5.32 Å². The standard InChI is InChI=1S/C15H19NO3/c1-10-4-3-5-11(8-10)9-13(15(18)19-2)16-14(17)12-6-7-12/h3-5,8,12-13H,6-7,9H2,1-2H3,(H,16,17)/t13-/m0/s1. The molecule has 0 bridgehead atoms. The third-order valence-corrected chi connectivity index (χ3v) is 3.27. The van der Waals surface area contributed by atoms with Gasteiger partial charge in [0.05, 0.1) is 7.11 Å². The van der Waals surface area contributed by atoms with Crippen molar-refractivity contribution in [1.82, 2.24) is 5.32 Å². The summed E-state index contributed by atoms with van der Waals surface area (Å²) < 4.78 is 4.76. The average molecular weight is 261 g/mol. The lowest BCUT2D eigenvalue weighted by molar-refractivity contribution is -0.145. The quantitative estimate of drug-likeness (QED) is 0.819. The summed E-state index contributed by atoms with van der Waals surface area (Å²) in [5.74, 6) is -0.344. The monoisotopic (exact) mass is 261 g/mol. The molecule has 1 atom stereocenters. The second-order valence-corrected chi connectivity index (χ2v) is 5.05. The zero-order valence-corrected chi connectivity index (χ0v) is 11.3. The van der Waals surface area contributed by atoms with Crippen molar-refractivity contribution in [1.29, 1.82) is 0 Å². The highest BCUT2D eigenvalue weighted by Gasteiger charge is 2.32. The summed E-state index contributed by atoms with van der Waals surface area (Å²) in [7, 11) is 1.34. The second-order valence-electron chi connectivity index (χ2n) is 5.05. The van der Waals surface area contributed by atoms with Crippen LogP contribution >= 0.6 is 0 Å². The van der Waals surface area contributed by atoms with Crippen molar-refractivity contribution in [2.75, 3.05) is 7.11 Å². The summed E-state index contributed by atoms with van der Waals surface area (Å²) >= 11 is 0. The maximum Gasteiger partial charge on any atom is 0.328 e. The molecular weight excluding hydrogens is 242 g/mol. The normalized spacial score (nSPS) is 15.7. The number of amides is 1. The Hall–Kier alpha value is -1.84. The van der Waals surface area contributed by atoms with E-state index in [0.717, 1.165) is 24.0 Å². The minimum atomic E-state index is -0.597. The van der Waals surface area contributed by atoms with Crippen LogP contribution in [-0.2, 0) is 20.7 Å². The van der Waals surface area contributed by atoms with Crippen molar-refractivity contribution >= 4 is 11.9 Å². The SMILES string of the molecule is COC(=O)[C@H](Cc1cccc(C)c1)NC(=O)C1CC1. The molecule has 1 aromatic carbocycles. The van der Waals surface area contributed by atoms with Gasteiger partial charge in [0.15, 0.2) is 0 Å². The van der Waals surface area contributed by atoms with Crippen molar-refractivity contribution in [2.24, 2.45) is 5.92 Å². The van der Waals surface area contributed by atoms with E-state index in [1.54, 1.807) is 0 Å². The molecule has 1 aromatic rings. The summed E-state index contributed by atoms with van der Waals surface area (Å²) in [5.41, 5.74) is 2.15. The van der Waals surface area contributed by atoms with Gasteiger partial charge in [0, 0.05) is 12.3 Å². The van der Waals surface area contributed by atoms with E-state index in [1.165, 1.54) is 7.11 Å². The Morgan fingerprint density at radius 1 is 1.42 bits per heavy atom. The van der Waals surface area contributed by atoms with Gasteiger partial charge in [-0.05, 0) is 25.3 Å². The van der Waals surface area contributed by atoms with Crippen LogP contribution in [0.1, 0.15) is 24.0 Å². The van der Waals surface area contributed by atoms with Crippen molar-refractivity contribution < 1.29 is 14.3 Å². The fraction of sp³-hybridized carbons (Fsp3) is 0.467. The third kappa shape index (κ3) is 3.81. The minimum absolute atomic E-state index is 0.0388. The molecule has 102 valence electrons. The number of nitrogens with one attached hydrogen (secondary N) is 1. The number of esters is 1. The zero-order chi connectivity index (χ0) is 13.8. The van der Waals surface area contributed by atoms with Gasteiger partial charge in [-0.2, -0.15) is 0 Å². The Bertz CT molecular complexity index is 480. The number of carbonyl (C=O) groups excluding carboxylic acids is 2. The highest BCUT2D eigenvalue weighted by Crippen LogP contribution is 2.29. The molecule has 1 aliphatic rings. The second kappa shape index (κ2) is 5.87. The fourth-order valence-corrected chi connectivity index (χ4v) is 2.05. The summed E-state index contributed by atoms with van der Waals surface area (Å²) in [6, 6.07) is 7.31. The lowest BCUT2D eigenvalue weighted by Gasteiger charge is -2.16. The average Bonchev–Trinajstić information content (AvgIpc) is 3.21. The molecule has 2 rings (SSSR count). The van der Waals surface area contributed by atoms with E-state index in [-0.39, 0.29) is 11.8 Å². The summed E-state index contributed by atoms with van der Waals surface area (Å²) in [6.45, 7) is 2.00. The number of methoxy groups -OCH3 is 1. The van der Waals surface area contributed by atoms with Crippen molar-refractivity contribution in [2.45, 2.75) is 32.2 Å². The molecule has 1 amide bonds. The van der Waals surface area contributed by atoms with Gasteiger partial charge in [-0.25, -0.2) is 4.79 Å². The van der Waals surface area contributed by atoms with E-state index in [9.17, 15) is 9.59 Å². The van der Waals surface area contributed by atoms with Crippen LogP contribution in [0.4, 0.5) is 0 Å². The predicted molar refractivity (Wildman–Crippen MR) is 71.6 cm³/mol. The molecule has 4 heteroatoms. The van der Waals surface area contributed by atoms with Crippen LogP contribution in [0.25, 0.3) is 0 Å². The molecule has 4 nitrogen and oxygen atoms in total. The van der Waals surface area contributed by atoms with Gasteiger partial charge in [0.2, 0.25) is 5.91 Å². The van der Waals surface area contributed by atoms with Gasteiger partial charge in [0.1, 0.15) is 6.04 Å².